The van der Waals surface area contributed by atoms with Crippen LogP contribution in [-0.4, -0.2) is 45.7 Å². The normalized spacial score (nSPS) is 13.7. The summed E-state index contributed by atoms with van der Waals surface area (Å²) in [5.74, 6) is -0.374. The van der Waals surface area contributed by atoms with Crippen LogP contribution in [0.2, 0.25) is 10.0 Å². The topological polar surface area (TPSA) is 139 Å². The summed E-state index contributed by atoms with van der Waals surface area (Å²) in [6.45, 7) is 0.731. The molecule has 10 nitrogen and oxygen atoms in total. The van der Waals surface area contributed by atoms with E-state index in [0.717, 1.165) is 17.5 Å². The number of thiazole rings is 1. The first-order valence-corrected chi connectivity index (χ1v) is 11.4. The van der Waals surface area contributed by atoms with Gasteiger partial charge in [-0.15, -0.1) is 0 Å². The lowest BCUT2D eigenvalue weighted by Gasteiger charge is -2.29. The predicted molar refractivity (Wildman–Crippen MR) is 112 cm³/mol. The van der Waals surface area contributed by atoms with Crippen molar-refractivity contribution in [2.24, 2.45) is 0 Å². The minimum absolute atomic E-state index is 0.128. The number of aromatic nitrogens is 4. The number of benzene rings is 1. The zero-order valence-electron chi connectivity index (χ0n) is 15.4. The number of sulfonamides is 1. The van der Waals surface area contributed by atoms with Crippen LogP contribution in [0.5, 0.6) is 0 Å². The summed E-state index contributed by atoms with van der Waals surface area (Å²) in [6, 6.07) is 4.49. The van der Waals surface area contributed by atoms with Crippen molar-refractivity contribution >= 4 is 55.6 Å². The number of carbonyl (C=O) groups excluding carboxylic acids is 1. The fourth-order valence-corrected chi connectivity index (χ4v) is 5.36. The van der Waals surface area contributed by atoms with Crippen LogP contribution in [-0.2, 0) is 27.0 Å². The number of hydrogen-bond acceptors (Lipinski definition) is 8. The average molecular weight is 491 g/mol. The molecule has 0 fully saturated rings. The summed E-state index contributed by atoms with van der Waals surface area (Å²) in [6.07, 6.45) is 3.78. The Morgan fingerprint density at radius 2 is 2.13 bits per heavy atom. The van der Waals surface area contributed by atoms with E-state index in [-0.39, 0.29) is 32.4 Å². The van der Waals surface area contributed by atoms with Crippen LogP contribution in [0.1, 0.15) is 12.5 Å². The average Bonchev–Trinajstić information content (AvgIpc) is 3.32. The van der Waals surface area contributed by atoms with E-state index in [1.807, 2.05) is 0 Å². The quantitative estimate of drug-likeness (QED) is 0.437. The highest BCUT2D eigenvalue weighted by Crippen LogP contribution is 2.32. The van der Waals surface area contributed by atoms with E-state index in [2.05, 4.69) is 25.1 Å². The molecule has 2 heterocycles. The molecule has 3 rings (SSSR count). The maximum Gasteiger partial charge on any atom is 0.251 e. The maximum atomic E-state index is 12.7. The van der Waals surface area contributed by atoms with E-state index in [9.17, 15) is 18.3 Å². The second-order valence-corrected chi connectivity index (χ2v) is 10.1. The Morgan fingerprint density at radius 1 is 1.37 bits per heavy atom. The van der Waals surface area contributed by atoms with Crippen molar-refractivity contribution in [3.8, 4) is 0 Å². The first kappa shape index (κ1) is 22.6. The molecule has 14 heteroatoms. The van der Waals surface area contributed by atoms with Crippen LogP contribution in [0.25, 0.3) is 0 Å². The molecule has 0 bridgehead atoms. The van der Waals surface area contributed by atoms with E-state index in [1.165, 1.54) is 42.5 Å². The number of hydrogen-bond donors (Lipinski definition) is 3. The highest BCUT2D eigenvalue weighted by molar-refractivity contribution is 7.91. The largest absolute Gasteiger partial charge is 0.382 e. The second-order valence-electron chi connectivity index (χ2n) is 6.24. The molecule has 0 spiro atoms. The number of aliphatic hydroxyl groups is 1. The van der Waals surface area contributed by atoms with Gasteiger partial charge in [0.1, 0.15) is 18.3 Å². The van der Waals surface area contributed by atoms with Gasteiger partial charge in [0.2, 0.25) is 5.91 Å². The van der Waals surface area contributed by atoms with E-state index in [0.29, 0.717) is 5.02 Å². The van der Waals surface area contributed by atoms with E-state index in [1.54, 1.807) is 0 Å². The number of amides is 1. The molecule has 0 aliphatic heterocycles. The minimum Gasteiger partial charge on any atom is -0.382 e. The van der Waals surface area contributed by atoms with Gasteiger partial charge in [0, 0.05) is 29.1 Å². The molecular weight excluding hydrogens is 475 g/mol. The summed E-state index contributed by atoms with van der Waals surface area (Å²) in [7, 11) is -4.04. The maximum absolute atomic E-state index is 12.7. The van der Waals surface area contributed by atoms with Crippen LogP contribution in [0.15, 0.2) is 41.3 Å². The standard InChI is InChI=1S/C16H16Cl2N6O4S2/c1-10(25)23-15-20-5-14(29-15)30(27,28)22-6-16(26,7-24-9-19-8-21-24)12-3-2-11(17)4-13(12)18/h2-5,8-9,22,26H,6-7H2,1H3,(H,20,23,25). The molecule has 30 heavy (non-hydrogen) atoms. The van der Waals surface area contributed by atoms with Crippen LogP contribution in [0.4, 0.5) is 5.13 Å². The molecule has 0 radical (unpaired) electrons. The third kappa shape index (κ3) is 5.33. The molecule has 0 saturated carbocycles. The van der Waals surface area contributed by atoms with E-state index in [4.69, 9.17) is 23.2 Å². The molecule has 0 saturated heterocycles. The fourth-order valence-electron chi connectivity index (χ4n) is 2.56. The van der Waals surface area contributed by atoms with Crippen molar-refractivity contribution in [1.82, 2.24) is 24.5 Å². The van der Waals surface area contributed by atoms with Crippen molar-refractivity contribution in [2.45, 2.75) is 23.3 Å². The van der Waals surface area contributed by atoms with Crippen molar-refractivity contribution in [3.05, 3.63) is 52.7 Å². The number of anilines is 1. The summed E-state index contributed by atoms with van der Waals surface area (Å²) in [4.78, 5) is 18.8. The van der Waals surface area contributed by atoms with Gasteiger partial charge in [-0.3, -0.25) is 4.79 Å². The smallest absolute Gasteiger partial charge is 0.251 e. The fraction of sp³-hybridized carbons (Fsp3) is 0.250. The van der Waals surface area contributed by atoms with Gasteiger partial charge in [0.25, 0.3) is 10.0 Å². The number of carbonyl (C=O) groups is 1. The Labute approximate surface area is 185 Å². The summed E-state index contributed by atoms with van der Waals surface area (Å²) in [5.41, 5.74) is -1.51. The first-order valence-electron chi connectivity index (χ1n) is 8.32. The Morgan fingerprint density at radius 3 is 2.77 bits per heavy atom. The molecule has 1 amide bonds. The Balaban J connectivity index is 1.87. The van der Waals surface area contributed by atoms with Gasteiger partial charge >= 0.3 is 0 Å². The van der Waals surface area contributed by atoms with Crippen molar-refractivity contribution in [1.29, 1.82) is 0 Å². The third-order valence-electron chi connectivity index (χ3n) is 3.91. The molecule has 2 aromatic heterocycles. The van der Waals surface area contributed by atoms with E-state index >= 15 is 0 Å². The SMILES string of the molecule is CC(=O)Nc1ncc(S(=O)(=O)NCC(O)(Cn2cncn2)c2ccc(Cl)cc2Cl)s1. The molecule has 0 aliphatic rings. The number of rotatable bonds is 8. The number of nitrogens with zero attached hydrogens (tertiary/aromatic N) is 4. The van der Waals surface area contributed by atoms with Crippen molar-refractivity contribution in [2.75, 3.05) is 11.9 Å². The van der Waals surface area contributed by atoms with Crippen molar-refractivity contribution < 1.29 is 18.3 Å². The highest BCUT2D eigenvalue weighted by Gasteiger charge is 2.35. The second kappa shape index (κ2) is 8.96. The Kier molecular flexibility index (Phi) is 6.75. The Hall–Kier alpha value is -2.09. The van der Waals surface area contributed by atoms with Crippen molar-refractivity contribution in [3.63, 3.8) is 0 Å². The molecule has 1 atom stereocenters. The van der Waals surface area contributed by atoms with Crippen LogP contribution in [0, 0.1) is 0 Å². The highest BCUT2D eigenvalue weighted by atomic mass is 35.5. The number of nitrogens with one attached hydrogen (secondary N) is 2. The predicted octanol–water partition coefficient (Wildman–Crippen LogP) is 1.87. The van der Waals surface area contributed by atoms with Crippen LogP contribution >= 0.6 is 34.5 Å². The van der Waals surface area contributed by atoms with Gasteiger partial charge in [-0.05, 0) is 12.1 Å². The Bertz CT molecular complexity index is 1150. The molecule has 1 unspecified atom stereocenters. The van der Waals surface area contributed by atoms with Crippen LogP contribution in [0.3, 0.4) is 0 Å². The first-order chi connectivity index (χ1) is 14.1. The lowest BCUT2D eigenvalue weighted by molar-refractivity contribution is -0.114. The van der Waals surface area contributed by atoms with E-state index < -0.39 is 22.2 Å². The zero-order chi connectivity index (χ0) is 21.9. The molecule has 1 aromatic carbocycles. The van der Waals surface area contributed by atoms with Gasteiger partial charge in [0.15, 0.2) is 9.34 Å². The molecule has 160 valence electrons. The van der Waals surface area contributed by atoms with Gasteiger partial charge < -0.3 is 10.4 Å². The lowest BCUT2D eigenvalue weighted by atomic mass is 9.94. The lowest BCUT2D eigenvalue weighted by Crippen LogP contribution is -2.44. The summed E-state index contributed by atoms with van der Waals surface area (Å²) < 4.78 is 29.0. The third-order valence-corrected chi connectivity index (χ3v) is 7.23. The van der Waals surface area contributed by atoms with Crippen LogP contribution < -0.4 is 10.0 Å². The van der Waals surface area contributed by atoms with Gasteiger partial charge in [-0.2, -0.15) is 5.10 Å². The zero-order valence-corrected chi connectivity index (χ0v) is 18.6. The molecule has 3 aromatic rings. The summed E-state index contributed by atoms with van der Waals surface area (Å²) in [5, 5.41) is 18.4. The monoisotopic (exact) mass is 490 g/mol. The van der Waals surface area contributed by atoms with Gasteiger partial charge in [-0.1, -0.05) is 40.6 Å². The molecular formula is C16H16Cl2N6O4S2. The number of halogens is 2. The molecule has 3 N–H and O–H groups in total. The van der Waals surface area contributed by atoms with Gasteiger partial charge in [-0.25, -0.2) is 27.8 Å². The minimum atomic E-state index is -4.04. The summed E-state index contributed by atoms with van der Waals surface area (Å²) >= 11 is 13.0. The van der Waals surface area contributed by atoms with Gasteiger partial charge in [0.05, 0.1) is 12.7 Å². The molecule has 0 aliphatic carbocycles.